The second-order valence-electron chi connectivity index (χ2n) is 5.40. The van der Waals surface area contributed by atoms with E-state index >= 15 is 0 Å². The first-order valence-corrected chi connectivity index (χ1v) is 7.18. The third-order valence-electron chi connectivity index (χ3n) is 3.82. The fraction of sp³-hybridized carbons (Fsp3) is 0.353. The molecule has 0 N–H and O–H groups in total. The highest BCUT2D eigenvalue weighted by Gasteiger charge is 2.30. The molecule has 4 heteroatoms. The lowest BCUT2D eigenvalue weighted by Gasteiger charge is -2.22. The van der Waals surface area contributed by atoms with Crippen LogP contribution in [0.5, 0.6) is 5.75 Å². The topological polar surface area (TPSA) is 42.7 Å². The van der Waals surface area contributed by atoms with E-state index in [-0.39, 0.29) is 0 Å². The minimum absolute atomic E-state index is 0.597. The molecule has 1 aromatic carbocycles. The molecule has 1 aromatic heterocycles. The number of aldehydes is 1. The molecule has 21 heavy (non-hydrogen) atoms. The van der Waals surface area contributed by atoms with Gasteiger partial charge in [-0.05, 0) is 43.2 Å². The summed E-state index contributed by atoms with van der Waals surface area (Å²) in [6, 6.07) is 10.0. The fourth-order valence-electron chi connectivity index (χ4n) is 2.57. The van der Waals surface area contributed by atoms with E-state index in [0.29, 0.717) is 11.6 Å². The van der Waals surface area contributed by atoms with E-state index in [4.69, 9.17) is 9.15 Å². The highest BCUT2D eigenvalue weighted by atomic mass is 16.5. The first-order chi connectivity index (χ1) is 10.3. The third kappa shape index (κ3) is 3.34. The molecule has 0 unspecified atom stereocenters. The number of hydrogen-bond donors (Lipinski definition) is 0. The Hall–Kier alpha value is -2.07. The first kappa shape index (κ1) is 13.9. The molecular formula is C17H19NO3. The molecule has 1 aliphatic rings. The van der Waals surface area contributed by atoms with Gasteiger partial charge in [0.05, 0.1) is 19.9 Å². The van der Waals surface area contributed by atoms with Gasteiger partial charge in [-0.1, -0.05) is 0 Å². The molecule has 0 radical (unpaired) electrons. The van der Waals surface area contributed by atoms with Crippen molar-refractivity contribution in [2.24, 2.45) is 0 Å². The standard InChI is InChI=1S/C17H19NO3/c1-20-17-7-4-13(12-19)9-14(17)10-18(15-5-6-15)11-16-3-2-8-21-16/h2-4,7-9,12,15H,5-6,10-11H2,1H3. The molecule has 3 rings (SSSR count). The van der Waals surface area contributed by atoms with Crippen LogP contribution in [-0.4, -0.2) is 24.3 Å². The molecule has 0 saturated heterocycles. The van der Waals surface area contributed by atoms with Gasteiger partial charge in [0.1, 0.15) is 17.8 Å². The van der Waals surface area contributed by atoms with E-state index in [1.54, 1.807) is 19.4 Å². The number of hydrogen-bond acceptors (Lipinski definition) is 4. The summed E-state index contributed by atoms with van der Waals surface area (Å²) in [5.41, 5.74) is 1.72. The van der Waals surface area contributed by atoms with Gasteiger partial charge in [-0.15, -0.1) is 0 Å². The van der Waals surface area contributed by atoms with Crippen molar-refractivity contribution in [3.05, 3.63) is 53.5 Å². The van der Waals surface area contributed by atoms with E-state index in [2.05, 4.69) is 4.90 Å². The molecule has 0 bridgehead atoms. The van der Waals surface area contributed by atoms with Crippen molar-refractivity contribution < 1.29 is 13.9 Å². The minimum atomic E-state index is 0.597. The van der Waals surface area contributed by atoms with Crippen molar-refractivity contribution in [1.29, 1.82) is 0 Å². The predicted octanol–water partition coefficient (Wildman–Crippen LogP) is 3.27. The van der Waals surface area contributed by atoms with E-state index in [0.717, 1.165) is 36.4 Å². The number of furan rings is 1. The molecule has 110 valence electrons. The monoisotopic (exact) mass is 285 g/mol. The lowest BCUT2D eigenvalue weighted by atomic mass is 10.1. The Morgan fingerprint density at radius 1 is 1.33 bits per heavy atom. The second kappa shape index (κ2) is 6.14. The number of carbonyl (C=O) groups excluding carboxylic acids is 1. The fourth-order valence-corrected chi connectivity index (χ4v) is 2.57. The van der Waals surface area contributed by atoms with Gasteiger partial charge in [0, 0.05) is 23.7 Å². The summed E-state index contributed by atoms with van der Waals surface area (Å²) in [4.78, 5) is 13.4. The van der Waals surface area contributed by atoms with Gasteiger partial charge in [0.25, 0.3) is 0 Å². The maximum Gasteiger partial charge on any atom is 0.150 e. The molecule has 4 nitrogen and oxygen atoms in total. The Morgan fingerprint density at radius 2 is 2.19 bits per heavy atom. The summed E-state index contributed by atoms with van der Waals surface area (Å²) in [7, 11) is 1.66. The van der Waals surface area contributed by atoms with Crippen LogP contribution in [0, 0.1) is 0 Å². The van der Waals surface area contributed by atoms with Crippen LogP contribution in [0.1, 0.15) is 34.5 Å². The van der Waals surface area contributed by atoms with Crippen molar-refractivity contribution in [3.8, 4) is 5.75 Å². The molecule has 1 saturated carbocycles. The van der Waals surface area contributed by atoms with Crippen LogP contribution in [-0.2, 0) is 13.1 Å². The molecule has 0 spiro atoms. The average molecular weight is 285 g/mol. The van der Waals surface area contributed by atoms with Crippen LogP contribution in [0.2, 0.25) is 0 Å². The van der Waals surface area contributed by atoms with Gasteiger partial charge in [-0.3, -0.25) is 9.69 Å². The number of carbonyl (C=O) groups is 1. The highest BCUT2D eigenvalue weighted by molar-refractivity contribution is 5.75. The van der Waals surface area contributed by atoms with Gasteiger partial charge >= 0.3 is 0 Å². The summed E-state index contributed by atoms with van der Waals surface area (Å²) in [6.07, 6.45) is 5.01. The summed E-state index contributed by atoms with van der Waals surface area (Å²) < 4.78 is 10.9. The Kier molecular flexibility index (Phi) is 4.06. The lowest BCUT2D eigenvalue weighted by Crippen LogP contribution is -2.25. The molecule has 0 amide bonds. The quantitative estimate of drug-likeness (QED) is 0.732. The molecule has 1 fully saturated rings. The first-order valence-electron chi connectivity index (χ1n) is 7.18. The summed E-state index contributed by atoms with van der Waals surface area (Å²) in [5.74, 6) is 1.79. The maximum atomic E-state index is 11.0. The average Bonchev–Trinajstić information content (AvgIpc) is 3.24. The Bertz CT molecular complexity index is 603. The Morgan fingerprint density at radius 3 is 2.81 bits per heavy atom. The number of ether oxygens (including phenoxy) is 1. The van der Waals surface area contributed by atoms with E-state index in [1.807, 2.05) is 24.3 Å². The van der Waals surface area contributed by atoms with Crippen LogP contribution in [0.4, 0.5) is 0 Å². The van der Waals surface area contributed by atoms with Crippen molar-refractivity contribution in [3.63, 3.8) is 0 Å². The van der Waals surface area contributed by atoms with Crippen molar-refractivity contribution in [2.75, 3.05) is 7.11 Å². The van der Waals surface area contributed by atoms with Gasteiger partial charge < -0.3 is 9.15 Å². The molecule has 0 atom stereocenters. The van der Waals surface area contributed by atoms with Gasteiger partial charge in [0.15, 0.2) is 0 Å². The van der Waals surface area contributed by atoms with E-state index < -0.39 is 0 Å². The molecule has 1 aliphatic carbocycles. The summed E-state index contributed by atoms with van der Waals surface area (Å²) in [5, 5.41) is 0. The predicted molar refractivity (Wildman–Crippen MR) is 79.4 cm³/mol. The molecule has 2 aromatic rings. The van der Waals surface area contributed by atoms with Crippen LogP contribution in [0.25, 0.3) is 0 Å². The SMILES string of the molecule is COc1ccc(C=O)cc1CN(Cc1ccco1)C1CC1. The molecule has 0 aliphatic heterocycles. The van der Waals surface area contributed by atoms with Gasteiger partial charge in [0.2, 0.25) is 0 Å². The van der Waals surface area contributed by atoms with Crippen LogP contribution >= 0.6 is 0 Å². The number of methoxy groups -OCH3 is 1. The smallest absolute Gasteiger partial charge is 0.150 e. The number of rotatable bonds is 7. The summed E-state index contributed by atoms with van der Waals surface area (Å²) in [6.45, 7) is 1.54. The molecule has 1 heterocycles. The van der Waals surface area contributed by atoms with Crippen LogP contribution < -0.4 is 4.74 Å². The summed E-state index contributed by atoms with van der Waals surface area (Å²) >= 11 is 0. The largest absolute Gasteiger partial charge is 0.496 e. The van der Waals surface area contributed by atoms with Gasteiger partial charge in [-0.25, -0.2) is 0 Å². The van der Waals surface area contributed by atoms with Gasteiger partial charge in [-0.2, -0.15) is 0 Å². The van der Waals surface area contributed by atoms with Crippen molar-refractivity contribution in [1.82, 2.24) is 4.90 Å². The van der Waals surface area contributed by atoms with E-state index in [1.165, 1.54) is 12.8 Å². The highest BCUT2D eigenvalue weighted by Crippen LogP contribution is 2.32. The third-order valence-corrected chi connectivity index (χ3v) is 3.82. The van der Waals surface area contributed by atoms with Crippen LogP contribution in [0.15, 0.2) is 41.0 Å². The zero-order valence-corrected chi connectivity index (χ0v) is 12.1. The zero-order chi connectivity index (χ0) is 14.7. The maximum absolute atomic E-state index is 11.0. The van der Waals surface area contributed by atoms with Crippen LogP contribution in [0.3, 0.4) is 0 Å². The number of benzene rings is 1. The van der Waals surface area contributed by atoms with Crippen molar-refractivity contribution >= 4 is 6.29 Å². The second-order valence-corrected chi connectivity index (χ2v) is 5.40. The minimum Gasteiger partial charge on any atom is -0.496 e. The normalized spacial score (nSPS) is 14.4. The Balaban J connectivity index is 1.80. The number of nitrogens with zero attached hydrogens (tertiary/aromatic N) is 1. The lowest BCUT2D eigenvalue weighted by molar-refractivity contribution is 0.112. The van der Waals surface area contributed by atoms with Crippen molar-refractivity contribution in [2.45, 2.75) is 32.0 Å². The Labute approximate surface area is 124 Å². The van der Waals surface area contributed by atoms with E-state index in [9.17, 15) is 4.79 Å². The zero-order valence-electron chi connectivity index (χ0n) is 12.1. The molecular weight excluding hydrogens is 266 g/mol.